The quantitative estimate of drug-likeness (QED) is 0.575. The molecule has 0 radical (unpaired) electrons. The number of amides is 3. The fraction of sp³-hybridized carbons (Fsp3) is 0.211. The van der Waals surface area contributed by atoms with Crippen LogP contribution in [0, 0.1) is 9.49 Å². The summed E-state index contributed by atoms with van der Waals surface area (Å²) >= 11 is 2.18. The first kappa shape index (κ1) is 17.6. The van der Waals surface area contributed by atoms with Crippen molar-refractivity contribution in [2.45, 2.75) is 19.9 Å². The highest BCUT2D eigenvalue weighted by atomic mass is 127. The van der Waals surface area contributed by atoms with Gasteiger partial charge in [-0.25, -0.2) is 0 Å². The molecule has 0 saturated carbocycles. The van der Waals surface area contributed by atoms with E-state index in [0.717, 1.165) is 8.47 Å². The van der Waals surface area contributed by atoms with Crippen molar-refractivity contribution < 1.29 is 14.4 Å². The van der Waals surface area contributed by atoms with E-state index in [4.69, 9.17) is 0 Å². The molecule has 1 N–H and O–H groups in total. The van der Waals surface area contributed by atoms with E-state index in [1.165, 1.54) is 0 Å². The summed E-state index contributed by atoms with van der Waals surface area (Å²) < 4.78 is 1.05. The Hall–Kier alpha value is -2.22. The third-order valence-corrected chi connectivity index (χ3v) is 4.83. The second-order valence-corrected chi connectivity index (χ2v) is 7.46. The summed E-state index contributed by atoms with van der Waals surface area (Å²) in [4.78, 5) is 39.2. The summed E-state index contributed by atoms with van der Waals surface area (Å²) in [5.41, 5.74) is 1.33. The predicted octanol–water partition coefficient (Wildman–Crippen LogP) is 3.55. The van der Waals surface area contributed by atoms with Crippen molar-refractivity contribution in [3.63, 3.8) is 0 Å². The van der Waals surface area contributed by atoms with Crippen molar-refractivity contribution in [3.05, 3.63) is 63.2 Å². The molecule has 0 fully saturated rings. The van der Waals surface area contributed by atoms with Gasteiger partial charge in [-0.2, -0.15) is 0 Å². The molecule has 0 saturated heterocycles. The van der Waals surface area contributed by atoms with Crippen molar-refractivity contribution >= 4 is 46.0 Å². The Morgan fingerprint density at radius 1 is 0.960 bits per heavy atom. The molecule has 2 aromatic carbocycles. The van der Waals surface area contributed by atoms with Crippen LogP contribution in [0.25, 0.3) is 0 Å². The SMILES string of the molecule is CC(C)[C@H](C(=O)Nc1ccc(I)cc1)N1C(=O)c2ccccc2C1=O. The molecule has 1 heterocycles. The van der Waals surface area contributed by atoms with Crippen molar-refractivity contribution in [1.82, 2.24) is 4.90 Å². The predicted molar refractivity (Wildman–Crippen MR) is 103 cm³/mol. The maximum absolute atomic E-state index is 12.8. The molecule has 3 amide bonds. The number of hydrogen-bond donors (Lipinski definition) is 1. The number of fused-ring (bicyclic) bond motifs is 1. The fourth-order valence-electron chi connectivity index (χ4n) is 2.93. The molecule has 5 nitrogen and oxygen atoms in total. The van der Waals surface area contributed by atoms with Gasteiger partial charge in [0.05, 0.1) is 11.1 Å². The lowest BCUT2D eigenvalue weighted by atomic mass is 10.0. The number of hydrogen-bond acceptors (Lipinski definition) is 3. The minimum Gasteiger partial charge on any atom is -0.324 e. The minimum atomic E-state index is -0.869. The second-order valence-electron chi connectivity index (χ2n) is 6.21. The highest BCUT2D eigenvalue weighted by Gasteiger charge is 2.43. The van der Waals surface area contributed by atoms with Gasteiger partial charge in [-0.1, -0.05) is 26.0 Å². The largest absolute Gasteiger partial charge is 0.324 e. The molecule has 1 aliphatic heterocycles. The molecule has 1 aliphatic rings. The van der Waals surface area contributed by atoms with Crippen molar-refractivity contribution in [2.24, 2.45) is 5.92 Å². The van der Waals surface area contributed by atoms with E-state index in [2.05, 4.69) is 27.9 Å². The number of nitrogens with one attached hydrogen (secondary N) is 1. The van der Waals surface area contributed by atoms with Gasteiger partial charge in [-0.15, -0.1) is 0 Å². The van der Waals surface area contributed by atoms with Gasteiger partial charge < -0.3 is 5.32 Å². The van der Waals surface area contributed by atoms with Crippen LogP contribution >= 0.6 is 22.6 Å². The zero-order valence-electron chi connectivity index (χ0n) is 13.8. The molecular weight excluding hydrogens is 431 g/mol. The zero-order valence-corrected chi connectivity index (χ0v) is 16.0. The lowest BCUT2D eigenvalue weighted by Crippen LogP contribution is -2.50. The van der Waals surface area contributed by atoms with Gasteiger partial charge in [-0.05, 0) is 64.9 Å². The number of halogens is 1. The molecular formula is C19H17IN2O3. The molecule has 0 spiro atoms. The lowest BCUT2D eigenvalue weighted by Gasteiger charge is -2.28. The molecule has 2 aromatic rings. The van der Waals surface area contributed by atoms with Crippen LogP contribution in [0.5, 0.6) is 0 Å². The highest BCUT2D eigenvalue weighted by Crippen LogP contribution is 2.27. The number of carbonyl (C=O) groups is 3. The Bertz CT molecular complexity index is 811. The Labute approximate surface area is 159 Å². The monoisotopic (exact) mass is 448 g/mol. The van der Waals surface area contributed by atoms with Crippen LogP contribution < -0.4 is 5.32 Å². The van der Waals surface area contributed by atoms with Crippen LogP contribution in [0.4, 0.5) is 5.69 Å². The van der Waals surface area contributed by atoms with Crippen LogP contribution in [0.2, 0.25) is 0 Å². The van der Waals surface area contributed by atoms with Crippen LogP contribution in [-0.2, 0) is 4.79 Å². The van der Waals surface area contributed by atoms with Gasteiger partial charge in [0.25, 0.3) is 11.8 Å². The molecule has 0 aliphatic carbocycles. The second kappa shape index (κ2) is 6.95. The maximum atomic E-state index is 12.8. The Morgan fingerprint density at radius 3 is 1.96 bits per heavy atom. The first-order valence-corrected chi connectivity index (χ1v) is 9.01. The van der Waals surface area contributed by atoms with Crippen molar-refractivity contribution in [1.29, 1.82) is 0 Å². The van der Waals surface area contributed by atoms with E-state index in [1.54, 1.807) is 36.4 Å². The van der Waals surface area contributed by atoms with E-state index in [0.29, 0.717) is 16.8 Å². The van der Waals surface area contributed by atoms with E-state index < -0.39 is 17.9 Å². The number of benzene rings is 2. The molecule has 1 atom stereocenters. The van der Waals surface area contributed by atoms with Gasteiger partial charge in [0.2, 0.25) is 5.91 Å². The van der Waals surface area contributed by atoms with Gasteiger partial charge in [0.1, 0.15) is 6.04 Å². The summed E-state index contributed by atoms with van der Waals surface area (Å²) in [5.74, 6) is -1.43. The van der Waals surface area contributed by atoms with Gasteiger partial charge in [0.15, 0.2) is 0 Å². The number of nitrogens with zero attached hydrogens (tertiary/aromatic N) is 1. The van der Waals surface area contributed by atoms with Crippen LogP contribution in [0.15, 0.2) is 48.5 Å². The van der Waals surface area contributed by atoms with Gasteiger partial charge >= 0.3 is 0 Å². The first-order valence-electron chi connectivity index (χ1n) is 7.93. The normalized spacial score (nSPS) is 14.6. The Morgan fingerprint density at radius 2 is 1.48 bits per heavy atom. The molecule has 0 bridgehead atoms. The summed E-state index contributed by atoms with van der Waals surface area (Å²) in [6, 6.07) is 13.1. The summed E-state index contributed by atoms with van der Waals surface area (Å²) in [6.45, 7) is 3.64. The highest BCUT2D eigenvalue weighted by molar-refractivity contribution is 14.1. The molecule has 6 heteroatoms. The van der Waals surface area contributed by atoms with E-state index in [9.17, 15) is 14.4 Å². The number of anilines is 1. The summed E-state index contributed by atoms with van der Waals surface area (Å²) in [7, 11) is 0. The summed E-state index contributed by atoms with van der Waals surface area (Å²) in [6.07, 6.45) is 0. The van der Waals surface area contributed by atoms with Crippen LogP contribution in [0.1, 0.15) is 34.6 Å². The smallest absolute Gasteiger partial charge is 0.262 e. The number of imide groups is 1. The van der Waals surface area contributed by atoms with Crippen LogP contribution in [-0.4, -0.2) is 28.7 Å². The minimum absolute atomic E-state index is 0.217. The third kappa shape index (κ3) is 3.30. The molecule has 128 valence electrons. The standard InChI is InChI=1S/C19H17IN2O3/c1-11(2)16(17(23)21-13-9-7-12(20)8-10-13)22-18(24)14-5-3-4-6-15(14)19(22)25/h3-11,16H,1-2H3,(H,21,23)/t16-/m1/s1. The van der Waals surface area contributed by atoms with E-state index >= 15 is 0 Å². The van der Waals surface area contributed by atoms with Gasteiger partial charge in [0, 0.05) is 9.26 Å². The average molecular weight is 448 g/mol. The van der Waals surface area contributed by atoms with E-state index in [-0.39, 0.29) is 11.8 Å². The molecule has 3 rings (SSSR count). The van der Waals surface area contributed by atoms with Crippen LogP contribution in [0.3, 0.4) is 0 Å². The van der Waals surface area contributed by atoms with E-state index in [1.807, 2.05) is 26.0 Å². The van der Waals surface area contributed by atoms with Gasteiger partial charge in [-0.3, -0.25) is 19.3 Å². The average Bonchev–Trinajstić information content (AvgIpc) is 2.83. The fourth-order valence-corrected chi connectivity index (χ4v) is 3.29. The maximum Gasteiger partial charge on any atom is 0.262 e. The first-order chi connectivity index (χ1) is 11.9. The number of rotatable bonds is 4. The topological polar surface area (TPSA) is 66.5 Å². The molecule has 0 aromatic heterocycles. The molecule has 25 heavy (non-hydrogen) atoms. The Kier molecular flexibility index (Phi) is 4.89. The lowest BCUT2D eigenvalue weighted by molar-refractivity contribution is -0.121. The molecule has 0 unspecified atom stereocenters. The Balaban J connectivity index is 1.89. The zero-order chi connectivity index (χ0) is 18.1. The van der Waals surface area contributed by atoms with Crippen molar-refractivity contribution in [3.8, 4) is 0 Å². The number of carbonyl (C=O) groups excluding carboxylic acids is 3. The third-order valence-electron chi connectivity index (χ3n) is 4.12. The summed E-state index contributed by atoms with van der Waals surface area (Å²) in [5, 5.41) is 2.81. The van der Waals surface area contributed by atoms with Crippen molar-refractivity contribution in [2.75, 3.05) is 5.32 Å².